The van der Waals surface area contributed by atoms with Crippen LogP contribution >= 0.6 is 0 Å². The summed E-state index contributed by atoms with van der Waals surface area (Å²) in [5.74, 6) is 1.47. The Bertz CT molecular complexity index is 1110. The summed E-state index contributed by atoms with van der Waals surface area (Å²) in [4.78, 5) is 7.55. The van der Waals surface area contributed by atoms with Crippen molar-refractivity contribution in [3.05, 3.63) is 82.7 Å². The van der Waals surface area contributed by atoms with E-state index in [1.807, 2.05) is 30.3 Å². The first-order valence-electron chi connectivity index (χ1n) is 11.2. The Hall–Kier alpha value is -3.37. The van der Waals surface area contributed by atoms with E-state index in [2.05, 4.69) is 15.2 Å². The minimum absolute atomic E-state index is 0.0713. The number of halogens is 3. The van der Waals surface area contributed by atoms with Crippen molar-refractivity contribution in [2.24, 2.45) is 5.16 Å². The van der Waals surface area contributed by atoms with E-state index in [1.54, 1.807) is 6.92 Å². The normalized spacial score (nSPS) is 15.3. The Labute approximate surface area is 201 Å². The van der Waals surface area contributed by atoms with Crippen molar-refractivity contribution in [2.45, 2.75) is 32.9 Å². The summed E-state index contributed by atoms with van der Waals surface area (Å²) in [5, 5.41) is 8.12. The summed E-state index contributed by atoms with van der Waals surface area (Å²) in [6.07, 6.45) is -4.36. The lowest BCUT2D eigenvalue weighted by Gasteiger charge is -2.25. The molecular formula is C25H26F3N3O4. The zero-order valence-corrected chi connectivity index (χ0v) is 19.3. The van der Waals surface area contributed by atoms with Gasteiger partial charge in [-0.15, -0.1) is 0 Å². The first kappa shape index (κ1) is 24.7. The third-order valence-electron chi connectivity index (χ3n) is 5.46. The average molecular weight is 489 g/mol. The van der Waals surface area contributed by atoms with Crippen LogP contribution in [0.1, 0.15) is 35.1 Å². The van der Waals surface area contributed by atoms with Gasteiger partial charge in [0.1, 0.15) is 24.7 Å². The number of hydrogen-bond acceptors (Lipinski definition) is 7. The van der Waals surface area contributed by atoms with Crippen molar-refractivity contribution in [3.8, 4) is 5.75 Å². The van der Waals surface area contributed by atoms with Gasteiger partial charge in [0, 0.05) is 19.2 Å². The molecule has 1 aliphatic rings. The Morgan fingerprint density at radius 2 is 1.74 bits per heavy atom. The Morgan fingerprint density at radius 3 is 2.43 bits per heavy atom. The highest BCUT2D eigenvalue weighted by atomic mass is 19.4. The molecule has 35 heavy (non-hydrogen) atoms. The van der Waals surface area contributed by atoms with E-state index in [4.69, 9.17) is 18.8 Å². The summed E-state index contributed by atoms with van der Waals surface area (Å²) in [7, 11) is 0. The number of oxime groups is 1. The van der Waals surface area contributed by atoms with E-state index in [-0.39, 0.29) is 13.2 Å². The van der Waals surface area contributed by atoms with E-state index < -0.39 is 11.7 Å². The summed E-state index contributed by atoms with van der Waals surface area (Å²) < 4.78 is 54.5. The standard InChI is InChI=1S/C25H26F3N3O4/c1-18(29-34-16-19-2-6-21(7-3-19)25(26,27)28)20-4-8-23(9-5-20)33-17-22-14-24(35-30-22)15-31-10-12-32-13-11-31/h2-9,14H,10-13,15-17H2,1H3/b29-18+. The summed E-state index contributed by atoms with van der Waals surface area (Å²) >= 11 is 0. The first-order chi connectivity index (χ1) is 16.9. The van der Waals surface area contributed by atoms with Crippen LogP contribution in [-0.2, 0) is 35.5 Å². The Balaban J connectivity index is 1.23. The number of rotatable bonds is 9. The molecule has 4 rings (SSSR count). The lowest BCUT2D eigenvalue weighted by Crippen LogP contribution is -2.35. The second-order valence-electron chi connectivity index (χ2n) is 8.13. The zero-order valence-electron chi connectivity index (χ0n) is 19.3. The van der Waals surface area contributed by atoms with Crippen molar-refractivity contribution < 1.29 is 32.0 Å². The molecule has 0 atom stereocenters. The summed E-state index contributed by atoms with van der Waals surface area (Å²) in [6, 6.07) is 14.0. The second kappa shape index (κ2) is 11.4. The quantitative estimate of drug-likeness (QED) is 0.310. The van der Waals surface area contributed by atoms with E-state index in [0.717, 1.165) is 49.8 Å². The van der Waals surface area contributed by atoms with E-state index in [0.29, 0.717) is 29.3 Å². The van der Waals surface area contributed by atoms with Gasteiger partial charge < -0.3 is 18.8 Å². The third-order valence-corrected chi connectivity index (χ3v) is 5.46. The average Bonchev–Trinajstić information content (AvgIpc) is 3.30. The molecule has 0 amide bonds. The minimum Gasteiger partial charge on any atom is -0.487 e. The molecule has 0 radical (unpaired) electrons. The van der Waals surface area contributed by atoms with Gasteiger partial charge in [0.2, 0.25) is 0 Å². The fourth-order valence-electron chi connectivity index (χ4n) is 3.47. The molecule has 7 nitrogen and oxygen atoms in total. The summed E-state index contributed by atoms with van der Waals surface area (Å²) in [5.41, 5.74) is 2.08. The van der Waals surface area contributed by atoms with Gasteiger partial charge in [-0.2, -0.15) is 13.2 Å². The molecule has 10 heteroatoms. The van der Waals surface area contributed by atoms with Crippen LogP contribution in [0.25, 0.3) is 0 Å². The van der Waals surface area contributed by atoms with Crippen molar-refractivity contribution in [1.82, 2.24) is 10.1 Å². The minimum atomic E-state index is -4.36. The molecule has 0 bridgehead atoms. The number of ether oxygens (including phenoxy) is 2. The molecule has 0 saturated carbocycles. The third kappa shape index (κ3) is 7.30. The van der Waals surface area contributed by atoms with E-state index in [9.17, 15) is 13.2 Å². The highest BCUT2D eigenvalue weighted by Crippen LogP contribution is 2.29. The van der Waals surface area contributed by atoms with Crippen molar-refractivity contribution in [1.29, 1.82) is 0 Å². The van der Waals surface area contributed by atoms with Crippen LogP contribution in [0.5, 0.6) is 5.75 Å². The predicted octanol–water partition coefficient (Wildman–Crippen LogP) is 5.05. The SMILES string of the molecule is C/C(=N\OCc1ccc(C(F)(F)F)cc1)c1ccc(OCc2cc(CN3CCOCC3)on2)cc1. The largest absolute Gasteiger partial charge is 0.487 e. The monoisotopic (exact) mass is 489 g/mol. The predicted molar refractivity (Wildman–Crippen MR) is 122 cm³/mol. The number of benzene rings is 2. The number of nitrogens with zero attached hydrogens (tertiary/aromatic N) is 3. The summed E-state index contributed by atoms with van der Waals surface area (Å²) in [6.45, 7) is 6.06. The van der Waals surface area contributed by atoms with Gasteiger partial charge >= 0.3 is 6.18 Å². The van der Waals surface area contributed by atoms with E-state index >= 15 is 0 Å². The Kier molecular flexibility index (Phi) is 8.04. The molecule has 2 heterocycles. The molecule has 0 N–H and O–H groups in total. The number of alkyl halides is 3. The molecular weight excluding hydrogens is 463 g/mol. The molecule has 1 aromatic heterocycles. The van der Waals surface area contributed by atoms with Gasteiger partial charge in [0.15, 0.2) is 5.76 Å². The lowest BCUT2D eigenvalue weighted by atomic mass is 10.1. The number of morpholine rings is 1. The van der Waals surface area contributed by atoms with Gasteiger partial charge in [0.25, 0.3) is 0 Å². The molecule has 2 aromatic carbocycles. The molecule has 3 aromatic rings. The van der Waals surface area contributed by atoms with Crippen LogP contribution in [0.15, 0.2) is 64.3 Å². The van der Waals surface area contributed by atoms with E-state index in [1.165, 1.54) is 12.1 Å². The maximum atomic E-state index is 12.6. The number of hydrogen-bond donors (Lipinski definition) is 0. The van der Waals surface area contributed by atoms with Crippen LogP contribution in [-0.4, -0.2) is 42.1 Å². The topological polar surface area (TPSA) is 69.3 Å². The van der Waals surface area contributed by atoms with Gasteiger partial charge in [-0.3, -0.25) is 4.90 Å². The fourth-order valence-corrected chi connectivity index (χ4v) is 3.47. The zero-order chi connectivity index (χ0) is 24.7. The maximum absolute atomic E-state index is 12.6. The molecule has 0 aliphatic carbocycles. The van der Waals surface area contributed by atoms with Crippen molar-refractivity contribution >= 4 is 5.71 Å². The van der Waals surface area contributed by atoms with Crippen molar-refractivity contribution in [3.63, 3.8) is 0 Å². The van der Waals surface area contributed by atoms with Crippen molar-refractivity contribution in [2.75, 3.05) is 26.3 Å². The Morgan fingerprint density at radius 1 is 1.03 bits per heavy atom. The molecule has 1 fully saturated rings. The second-order valence-corrected chi connectivity index (χ2v) is 8.13. The lowest BCUT2D eigenvalue weighted by molar-refractivity contribution is -0.137. The molecule has 1 saturated heterocycles. The highest BCUT2D eigenvalue weighted by Gasteiger charge is 2.29. The number of aromatic nitrogens is 1. The van der Waals surface area contributed by atoms with Crippen LogP contribution in [0, 0.1) is 0 Å². The van der Waals surface area contributed by atoms with Crippen LogP contribution in [0.3, 0.4) is 0 Å². The van der Waals surface area contributed by atoms with Crippen LogP contribution in [0.2, 0.25) is 0 Å². The molecule has 1 aliphatic heterocycles. The molecule has 0 spiro atoms. The smallest absolute Gasteiger partial charge is 0.416 e. The molecule has 0 unspecified atom stereocenters. The fraction of sp³-hybridized carbons (Fsp3) is 0.360. The van der Waals surface area contributed by atoms with Gasteiger partial charge in [-0.05, 0) is 54.4 Å². The van der Waals surface area contributed by atoms with Gasteiger partial charge in [-0.25, -0.2) is 0 Å². The highest BCUT2D eigenvalue weighted by molar-refractivity contribution is 5.98. The van der Waals surface area contributed by atoms with Crippen LogP contribution < -0.4 is 4.74 Å². The van der Waals surface area contributed by atoms with Crippen LogP contribution in [0.4, 0.5) is 13.2 Å². The first-order valence-corrected chi connectivity index (χ1v) is 11.2. The van der Waals surface area contributed by atoms with Gasteiger partial charge in [0.05, 0.1) is 31.0 Å². The maximum Gasteiger partial charge on any atom is 0.416 e. The molecule has 186 valence electrons. The van der Waals surface area contributed by atoms with Gasteiger partial charge in [-0.1, -0.05) is 22.4 Å².